The fourth-order valence-electron chi connectivity index (χ4n) is 5.32. The highest BCUT2D eigenvalue weighted by Gasteiger charge is 2.39. The molecule has 2 atom stereocenters. The number of pyridine rings is 2. The zero-order valence-corrected chi connectivity index (χ0v) is 26.3. The SMILES string of the molecule is CSc1nc2c3c(nc(-c4c(C(F)(F)F)c(C)cc5c4cnn5PI)c(F)c3n1)OCCN2C(C)c1cccnc1N. The van der Waals surface area contributed by atoms with Crippen LogP contribution in [-0.4, -0.2) is 48.9 Å². The second-order valence-electron chi connectivity index (χ2n) is 9.55. The molecule has 2 unspecified atom stereocenters. The van der Waals surface area contributed by atoms with Crippen LogP contribution in [0.2, 0.25) is 0 Å². The van der Waals surface area contributed by atoms with E-state index in [-0.39, 0.29) is 51.9 Å². The molecule has 16 heteroatoms. The largest absolute Gasteiger partial charge is 0.475 e. The van der Waals surface area contributed by atoms with E-state index in [1.807, 2.05) is 17.9 Å². The Bertz CT molecular complexity index is 1870. The molecular weight excluding hydrogens is 706 g/mol. The lowest BCUT2D eigenvalue weighted by atomic mass is 9.94. The van der Waals surface area contributed by atoms with Crippen molar-refractivity contribution < 1.29 is 22.3 Å². The molecule has 42 heavy (non-hydrogen) atoms. The van der Waals surface area contributed by atoms with E-state index in [4.69, 9.17) is 10.5 Å². The number of nitrogens with two attached hydrogens (primary N) is 1. The predicted molar refractivity (Wildman–Crippen MR) is 165 cm³/mol. The molecule has 0 spiro atoms. The minimum atomic E-state index is -4.79. The van der Waals surface area contributed by atoms with E-state index in [0.29, 0.717) is 23.7 Å². The summed E-state index contributed by atoms with van der Waals surface area (Å²) in [7, 11) is 0. The Kier molecular flexibility index (Phi) is 7.54. The normalized spacial score (nSPS) is 14.6. The van der Waals surface area contributed by atoms with E-state index >= 15 is 4.39 Å². The van der Waals surface area contributed by atoms with Crippen molar-refractivity contribution in [3.8, 4) is 17.1 Å². The molecular formula is C26H22F4IN8OPS. The zero-order valence-electron chi connectivity index (χ0n) is 22.3. The molecule has 0 radical (unpaired) electrons. The van der Waals surface area contributed by atoms with Crippen molar-refractivity contribution in [2.45, 2.75) is 31.2 Å². The van der Waals surface area contributed by atoms with Gasteiger partial charge in [-0.3, -0.25) is 0 Å². The van der Waals surface area contributed by atoms with E-state index in [0.717, 1.165) is 5.56 Å². The van der Waals surface area contributed by atoms with Crippen molar-refractivity contribution in [2.24, 2.45) is 0 Å². The first-order chi connectivity index (χ1) is 20.0. The Morgan fingerprint density at radius 3 is 2.71 bits per heavy atom. The molecule has 0 saturated heterocycles. The summed E-state index contributed by atoms with van der Waals surface area (Å²) in [4.78, 5) is 19.6. The van der Waals surface area contributed by atoms with Crippen LogP contribution in [0.25, 0.3) is 33.1 Å². The van der Waals surface area contributed by atoms with Gasteiger partial charge >= 0.3 is 6.18 Å². The number of nitrogens with zero attached hydrogens (tertiary/aromatic N) is 7. The smallest absolute Gasteiger partial charge is 0.417 e. The quantitative estimate of drug-likeness (QED) is 0.0676. The first-order valence-electron chi connectivity index (χ1n) is 12.6. The Morgan fingerprint density at radius 2 is 2.02 bits per heavy atom. The summed E-state index contributed by atoms with van der Waals surface area (Å²) in [6.45, 7) is 3.67. The van der Waals surface area contributed by atoms with Crippen LogP contribution in [0.1, 0.15) is 29.7 Å². The summed E-state index contributed by atoms with van der Waals surface area (Å²) in [5, 5.41) is 4.79. The molecule has 9 nitrogen and oxygen atoms in total. The lowest BCUT2D eigenvalue weighted by molar-refractivity contribution is -0.137. The van der Waals surface area contributed by atoms with Crippen LogP contribution in [0.3, 0.4) is 0 Å². The standard InChI is InChI=1S/C26H22F4IN8OPS/c1-11-9-15-14(10-34-39(15)41-31)16(18(11)26(28,29)30)20-19(27)21-17-23(37-25(36-21)42-3)38(7-8-40-24(17)35-20)12(2)13-5-4-6-33-22(13)32/h4-6,9-10,12,41H,7-8H2,1-3H3,(H2,32,33). The third kappa shape index (κ3) is 4.69. The number of aryl methyl sites for hydroxylation is 1. The number of hydrogen-bond donors (Lipinski definition) is 1. The fraction of sp³-hybridized carbons (Fsp3) is 0.269. The summed E-state index contributed by atoms with van der Waals surface area (Å²) >= 11 is 3.27. The number of ether oxygens (including phenoxy) is 1. The maximum Gasteiger partial charge on any atom is 0.417 e. The topological polar surface area (TPSA) is 108 Å². The molecule has 4 aromatic heterocycles. The predicted octanol–water partition coefficient (Wildman–Crippen LogP) is 6.96. The second kappa shape index (κ2) is 10.9. The molecule has 0 aliphatic carbocycles. The van der Waals surface area contributed by atoms with E-state index in [2.05, 4.69) is 47.1 Å². The maximum absolute atomic E-state index is 16.7. The number of halogens is 5. The molecule has 6 rings (SSSR count). The minimum Gasteiger partial charge on any atom is -0.475 e. The van der Waals surface area contributed by atoms with Crippen molar-refractivity contribution in [1.29, 1.82) is 0 Å². The number of alkyl halides is 3. The maximum atomic E-state index is 16.7. The molecule has 1 aliphatic heterocycles. The molecule has 0 fully saturated rings. The van der Waals surface area contributed by atoms with Crippen molar-refractivity contribution in [3.63, 3.8) is 0 Å². The number of anilines is 2. The average Bonchev–Trinajstić information content (AvgIpc) is 3.27. The first kappa shape index (κ1) is 29.1. The van der Waals surface area contributed by atoms with Gasteiger partial charge < -0.3 is 15.4 Å². The molecule has 2 N–H and O–H groups in total. The van der Waals surface area contributed by atoms with Crippen LogP contribution in [0.15, 0.2) is 35.7 Å². The van der Waals surface area contributed by atoms with E-state index in [9.17, 15) is 13.2 Å². The molecule has 1 aromatic carbocycles. The van der Waals surface area contributed by atoms with Gasteiger partial charge in [-0.2, -0.15) is 18.3 Å². The Hall–Kier alpha value is -3.04. The van der Waals surface area contributed by atoms with Crippen molar-refractivity contribution in [1.82, 2.24) is 29.5 Å². The van der Waals surface area contributed by atoms with Crippen molar-refractivity contribution in [3.05, 3.63) is 53.1 Å². The van der Waals surface area contributed by atoms with Crippen LogP contribution in [0.4, 0.5) is 29.2 Å². The monoisotopic (exact) mass is 728 g/mol. The third-order valence-electron chi connectivity index (χ3n) is 7.20. The van der Waals surface area contributed by atoms with Gasteiger partial charge in [0.15, 0.2) is 11.0 Å². The average molecular weight is 728 g/mol. The molecule has 0 amide bonds. The highest BCUT2D eigenvalue weighted by Crippen LogP contribution is 2.48. The highest BCUT2D eigenvalue weighted by atomic mass is 127. The van der Waals surface area contributed by atoms with E-state index in [1.54, 1.807) is 23.0 Å². The van der Waals surface area contributed by atoms with Gasteiger partial charge in [-0.25, -0.2) is 28.8 Å². The number of thioether (sulfide) groups is 1. The summed E-state index contributed by atoms with van der Waals surface area (Å²) in [5.41, 5.74) is 5.18. The van der Waals surface area contributed by atoms with Crippen molar-refractivity contribution in [2.75, 3.05) is 30.0 Å². The molecule has 1 aliphatic rings. The van der Waals surface area contributed by atoms with Crippen molar-refractivity contribution >= 4 is 73.6 Å². The molecule has 0 bridgehead atoms. The van der Waals surface area contributed by atoms with Gasteiger partial charge in [-0.15, -0.1) is 0 Å². The molecule has 0 saturated carbocycles. The van der Waals surface area contributed by atoms with Gasteiger partial charge in [0.05, 0.1) is 36.2 Å². The minimum absolute atomic E-state index is 0.0520. The first-order valence-corrected chi connectivity index (χ1v) is 17.8. The van der Waals surface area contributed by atoms with Crippen LogP contribution in [0.5, 0.6) is 5.88 Å². The number of hydrogen-bond acceptors (Lipinski definition) is 9. The number of nitrogen functional groups attached to an aromatic ring is 1. The van der Waals surface area contributed by atoms with Crippen LogP contribution >= 0.6 is 40.2 Å². The summed E-state index contributed by atoms with van der Waals surface area (Å²) in [5.74, 6) is -0.381. The van der Waals surface area contributed by atoms with Gasteiger partial charge in [0, 0.05) is 22.7 Å². The van der Waals surface area contributed by atoms with Crippen LogP contribution in [-0.2, 0) is 6.18 Å². The number of rotatable bonds is 5. The van der Waals surface area contributed by atoms with Gasteiger partial charge in [-0.05, 0) is 59.8 Å². The Balaban J connectivity index is 1.68. The zero-order chi connectivity index (χ0) is 29.9. The lowest BCUT2D eigenvalue weighted by Gasteiger charge is -2.30. The lowest BCUT2D eigenvalue weighted by Crippen LogP contribution is -2.31. The summed E-state index contributed by atoms with van der Waals surface area (Å²) in [6.07, 6.45) is -0.0353. The fourth-order valence-corrected chi connectivity index (χ4v) is 7.22. The Morgan fingerprint density at radius 1 is 1.24 bits per heavy atom. The van der Waals surface area contributed by atoms with Crippen LogP contribution < -0.4 is 15.4 Å². The van der Waals surface area contributed by atoms with E-state index in [1.165, 1.54) is 30.9 Å². The third-order valence-corrected chi connectivity index (χ3v) is 9.64. The van der Waals surface area contributed by atoms with Gasteiger partial charge in [0.25, 0.3) is 0 Å². The molecule has 218 valence electrons. The molecule has 5 aromatic rings. The summed E-state index contributed by atoms with van der Waals surface area (Å²) < 4.78 is 68.0. The van der Waals surface area contributed by atoms with E-state index < -0.39 is 28.8 Å². The second-order valence-corrected chi connectivity index (χ2v) is 12.4. The van der Waals surface area contributed by atoms with Gasteiger partial charge in [-0.1, -0.05) is 17.8 Å². The van der Waals surface area contributed by atoms with Crippen LogP contribution in [0, 0.1) is 12.7 Å². The number of benzene rings is 1. The summed E-state index contributed by atoms with van der Waals surface area (Å²) in [6, 6.07) is 4.67. The molecule has 5 heterocycles. The highest BCUT2D eigenvalue weighted by molar-refractivity contribution is 14.2. The number of fused-ring (bicyclic) bond motifs is 1. The Labute approximate surface area is 256 Å². The van der Waals surface area contributed by atoms with Gasteiger partial charge in [0.1, 0.15) is 34.8 Å². The number of aromatic nitrogens is 6. The van der Waals surface area contributed by atoms with Gasteiger partial charge in [0.2, 0.25) is 5.88 Å².